The summed E-state index contributed by atoms with van der Waals surface area (Å²) in [5, 5.41) is 2.04. The van der Waals surface area contributed by atoms with Crippen LogP contribution in [-0.4, -0.2) is 13.7 Å². The van der Waals surface area contributed by atoms with Gasteiger partial charge in [0.2, 0.25) is 0 Å². The Balaban J connectivity index is 2.04. The van der Waals surface area contributed by atoms with Crippen molar-refractivity contribution < 1.29 is 9.47 Å². The molecule has 0 amide bonds. The van der Waals surface area contributed by atoms with E-state index in [0.29, 0.717) is 19.8 Å². The third kappa shape index (κ3) is 4.10. The van der Waals surface area contributed by atoms with E-state index in [-0.39, 0.29) is 0 Å². The van der Waals surface area contributed by atoms with Crippen LogP contribution >= 0.6 is 11.3 Å². The van der Waals surface area contributed by atoms with Crippen molar-refractivity contribution in [1.29, 1.82) is 0 Å². The first-order valence-corrected chi connectivity index (χ1v) is 7.17. The molecule has 0 bridgehead atoms. The Bertz CT molecular complexity index is 597. The Morgan fingerprint density at radius 2 is 2.15 bits per heavy atom. The van der Waals surface area contributed by atoms with Gasteiger partial charge in [-0.15, -0.1) is 11.3 Å². The van der Waals surface area contributed by atoms with Crippen LogP contribution in [0.25, 0.3) is 0 Å². The van der Waals surface area contributed by atoms with Crippen LogP contribution in [0, 0.1) is 11.8 Å². The summed E-state index contributed by atoms with van der Waals surface area (Å²) in [5.41, 5.74) is 7.30. The maximum absolute atomic E-state index is 5.72. The first kappa shape index (κ1) is 14.6. The van der Waals surface area contributed by atoms with Crippen LogP contribution in [-0.2, 0) is 18.0 Å². The van der Waals surface area contributed by atoms with E-state index in [2.05, 4.69) is 17.9 Å². The summed E-state index contributed by atoms with van der Waals surface area (Å²) >= 11 is 1.69. The van der Waals surface area contributed by atoms with Crippen molar-refractivity contribution >= 4 is 11.3 Å². The highest BCUT2D eigenvalue weighted by atomic mass is 32.1. The summed E-state index contributed by atoms with van der Waals surface area (Å²) < 4.78 is 11.1. The van der Waals surface area contributed by atoms with Crippen molar-refractivity contribution in [2.24, 2.45) is 5.73 Å². The molecule has 0 aliphatic heterocycles. The number of thiophene rings is 1. The van der Waals surface area contributed by atoms with Gasteiger partial charge in [0.15, 0.2) is 0 Å². The molecule has 4 heteroatoms. The third-order valence-electron chi connectivity index (χ3n) is 2.70. The van der Waals surface area contributed by atoms with Gasteiger partial charge >= 0.3 is 0 Å². The first-order chi connectivity index (χ1) is 9.83. The van der Waals surface area contributed by atoms with E-state index in [4.69, 9.17) is 15.2 Å². The molecular weight excluding hydrogens is 270 g/mol. The van der Waals surface area contributed by atoms with Gasteiger partial charge in [0.05, 0.1) is 26.9 Å². The molecule has 2 aromatic rings. The molecule has 1 heterocycles. The molecule has 104 valence electrons. The zero-order valence-electron chi connectivity index (χ0n) is 11.4. The van der Waals surface area contributed by atoms with E-state index in [9.17, 15) is 0 Å². The number of benzene rings is 1. The van der Waals surface area contributed by atoms with E-state index in [0.717, 1.165) is 16.9 Å². The predicted octanol–water partition coefficient (Wildman–Crippen LogP) is 2.78. The van der Waals surface area contributed by atoms with E-state index >= 15 is 0 Å². The van der Waals surface area contributed by atoms with Crippen LogP contribution in [0.15, 0.2) is 35.7 Å². The van der Waals surface area contributed by atoms with Crippen LogP contribution in [0.3, 0.4) is 0 Å². The Labute approximate surface area is 123 Å². The fourth-order valence-electron chi connectivity index (χ4n) is 1.78. The van der Waals surface area contributed by atoms with Gasteiger partial charge in [0.25, 0.3) is 0 Å². The molecule has 0 saturated carbocycles. The second-order valence-electron chi connectivity index (χ2n) is 4.10. The van der Waals surface area contributed by atoms with Crippen molar-refractivity contribution in [3.63, 3.8) is 0 Å². The van der Waals surface area contributed by atoms with E-state index in [1.54, 1.807) is 18.4 Å². The van der Waals surface area contributed by atoms with Crippen molar-refractivity contribution in [2.75, 3.05) is 13.7 Å². The zero-order valence-corrected chi connectivity index (χ0v) is 12.2. The maximum Gasteiger partial charge on any atom is 0.124 e. The van der Waals surface area contributed by atoms with Gasteiger partial charge in [0, 0.05) is 16.0 Å². The number of hydrogen-bond acceptors (Lipinski definition) is 4. The van der Waals surface area contributed by atoms with Gasteiger partial charge in [-0.2, -0.15) is 0 Å². The SMILES string of the molecule is COc1ccc(C#CCN)cc1COCc1cccs1. The lowest BCUT2D eigenvalue weighted by molar-refractivity contribution is 0.107. The lowest BCUT2D eigenvalue weighted by Gasteiger charge is -2.09. The largest absolute Gasteiger partial charge is 0.496 e. The van der Waals surface area contributed by atoms with E-state index in [1.807, 2.05) is 29.6 Å². The normalized spacial score (nSPS) is 9.90. The summed E-state index contributed by atoms with van der Waals surface area (Å²) in [6.45, 7) is 1.47. The highest BCUT2D eigenvalue weighted by Crippen LogP contribution is 2.21. The molecule has 0 saturated heterocycles. The molecule has 0 fully saturated rings. The quantitative estimate of drug-likeness (QED) is 0.860. The highest BCUT2D eigenvalue weighted by molar-refractivity contribution is 7.09. The average molecular weight is 287 g/mol. The van der Waals surface area contributed by atoms with Crippen molar-refractivity contribution in [1.82, 2.24) is 0 Å². The molecule has 1 aromatic carbocycles. The van der Waals surface area contributed by atoms with Crippen LogP contribution in [0.5, 0.6) is 5.75 Å². The second-order valence-corrected chi connectivity index (χ2v) is 5.14. The summed E-state index contributed by atoms with van der Waals surface area (Å²) in [5.74, 6) is 6.68. The lowest BCUT2D eigenvalue weighted by atomic mass is 10.1. The smallest absolute Gasteiger partial charge is 0.124 e. The van der Waals surface area contributed by atoms with E-state index in [1.165, 1.54) is 4.88 Å². The lowest BCUT2D eigenvalue weighted by Crippen LogP contribution is -1.97. The Morgan fingerprint density at radius 1 is 1.25 bits per heavy atom. The summed E-state index contributed by atoms with van der Waals surface area (Å²) in [7, 11) is 1.66. The minimum absolute atomic E-state index is 0.357. The van der Waals surface area contributed by atoms with Gasteiger partial charge < -0.3 is 15.2 Å². The zero-order chi connectivity index (χ0) is 14.2. The monoisotopic (exact) mass is 287 g/mol. The molecule has 0 unspecified atom stereocenters. The fourth-order valence-corrected chi connectivity index (χ4v) is 2.42. The van der Waals surface area contributed by atoms with Crippen molar-refractivity contribution in [3.05, 3.63) is 51.7 Å². The first-order valence-electron chi connectivity index (χ1n) is 6.29. The Hall–Kier alpha value is -1.80. The van der Waals surface area contributed by atoms with Crippen LogP contribution in [0.2, 0.25) is 0 Å². The number of ether oxygens (including phenoxy) is 2. The molecule has 0 atom stereocenters. The molecule has 0 aliphatic rings. The van der Waals surface area contributed by atoms with Gasteiger partial charge in [-0.3, -0.25) is 0 Å². The standard InChI is InChI=1S/C16H17NO2S/c1-18-16-7-6-13(4-2-8-17)10-14(16)11-19-12-15-5-3-9-20-15/h3,5-7,9-10H,8,11-12,17H2,1H3. The molecule has 3 nitrogen and oxygen atoms in total. The highest BCUT2D eigenvalue weighted by Gasteiger charge is 2.04. The van der Waals surface area contributed by atoms with Crippen molar-refractivity contribution in [3.8, 4) is 17.6 Å². The number of rotatable bonds is 5. The minimum atomic E-state index is 0.357. The Kier molecular flexibility index (Phi) is 5.63. The van der Waals surface area contributed by atoms with Crippen LogP contribution in [0.1, 0.15) is 16.0 Å². The average Bonchev–Trinajstić information content (AvgIpc) is 2.98. The molecule has 0 radical (unpaired) electrons. The van der Waals surface area contributed by atoms with Gasteiger partial charge in [0.1, 0.15) is 5.75 Å². The molecule has 2 rings (SSSR count). The van der Waals surface area contributed by atoms with Gasteiger partial charge in [-0.05, 0) is 29.6 Å². The molecule has 0 spiro atoms. The molecular formula is C16H17NO2S. The minimum Gasteiger partial charge on any atom is -0.496 e. The molecule has 2 N–H and O–H groups in total. The fraction of sp³-hybridized carbons (Fsp3) is 0.250. The predicted molar refractivity (Wildman–Crippen MR) is 81.7 cm³/mol. The van der Waals surface area contributed by atoms with Gasteiger partial charge in [-0.25, -0.2) is 0 Å². The topological polar surface area (TPSA) is 44.5 Å². The van der Waals surface area contributed by atoms with Crippen molar-refractivity contribution in [2.45, 2.75) is 13.2 Å². The summed E-state index contributed by atoms with van der Waals surface area (Å²) in [6.07, 6.45) is 0. The third-order valence-corrected chi connectivity index (χ3v) is 3.55. The second kappa shape index (κ2) is 7.71. The van der Waals surface area contributed by atoms with Gasteiger partial charge in [-0.1, -0.05) is 17.9 Å². The van der Waals surface area contributed by atoms with Crippen LogP contribution < -0.4 is 10.5 Å². The Morgan fingerprint density at radius 3 is 2.85 bits per heavy atom. The molecule has 20 heavy (non-hydrogen) atoms. The number of hydrogen-bond donors (Lipinski definition) is 1. The number of methoxy groups -OCH3 is 1. The van der Waals surface area contributed by atoms with E-state index < -0.39 is 0 Å². The van der Waals surface area contributed by atoms with Crippen LogP contribution in [0.4, 0.5) is 0 Å². The summed E-state index contributed by atoms with van der Waals surface area (Å²) in [4.78, 5) is 1.21. The maximum atomic E-state index is 5.72. The number of nitrogens with two attached hydrogens (primary N) is 1. The molecule has 0 aliphatic carbocycles. The molecule has 1 aromatic heterocycles. The summed E-state index contributed by atoms with van der Waals surface area (Å²) in [6, 6.07) is 9.89.